The summed E-state index contributed by atoms with van der Waals surface area (Å²) in [6.45, 7) is 4.46. The molecule has 0 spiro atoms. The van der Waals surface area contributed by atoms with Crippen LogP contribution in [0.3, 0.4) is 0 Å². The SMILES string of the molecule is CCCC#Cc1ccc(C#Cc2ccc(CC[C@H]3CC[C@H](CCCCC)CC3)cc2)cc1. The summed E-state index contributed by atoms with van der Waals surface area (Å²) in [5.74, 6) is 14.9. The molecular formula is C32H40. The third kappa shape index (κ3) is 8.60. The first kappa shape index (κ1) is 24.2. The van der Waals surface area contributed by atoms with Crippen LogP contribution in [0.15, 0.2) is 48.5 Å². The summed E-state index contributed by atoms with van der Waals surface area (Å²) in [7, 11) is 0. The molecule has 2 aromatic rings. The molecule has 1 aliphatic carbocycles. The predicted octanol–water partition coefficient (Wildman–Crippen LogP) is 8.56. The number of aryl methyl sites for hydroxylation is 1. The monoisotopic (exact) mass is 424 g/mol. The normalized spacial score (nSPS) is 17.7. The topological polar surface area (TPSA) is 0 Å². The lowest BCUT2D eigenvalue weighted by atomic mass is 9.78. The van der Waals surface area contributed by atoms with E-state index in [4.69, 9.17) is 0 Å². The number of hydrogen-bond donors (Lipinski definition) is 0. The molecule has 1 fully saturated rings. The molecule has 0 heterocycles. The van der Waals surface area contributed by atoms with Crippen LogP contribution in [0, 0.1) is 35.5 Å². The molecule has 0 nitrogen and oxygen atoms in total. The van der Waals surface area contributed by atoms with Crippen LogP contribution in [0.1, 0.15) is 107 Å². The molecule has 0 N–H and O–H groups in total. The Balaban J connectivity index is 1.42. The molecule has 0 aliphatic heterocycles. The van der Waals surface area contributed by atoms with Crippen molar-refractivity contribution >= 4 is 0 Å². The summed E-state index contributed by atoms with van der Waals surface area (Å²) in [6, 6.07) is 17.2. The number of benzene rings is 2. The van der Waals surface area contributed by atoms with Crippen LogP contribution in [0.2, 0.25) is 0 Å². The van der Waals surface area contributed by atoms with Gasteiger partial charge in [-0.3, -0.25) is 0 Å². The van der Waals surface area contributed by atoms with Crippen molar-refractivity contribution < 1.29 is 0 Å². The summed E-state index contributed by atoms with van der Waals surface area (Å²) >= 11 is 0. The summed E-state index contributed by atoms with van der Waals surface area (Å²) in [5, 5.41) is 0. The zero-order chi connectivity index (χ0) is 22.4. The molecule has 2 aromatic carbocycles. The van der Waals surface area contributed by atoms with Gasteiger partial charge in [0.05, 0.1) is 0 Å². The van der Waals surface area contributed by atoms with Crippen LogP contribution >= 0.6 is 0 Å². The smallest absolute Gasteiger partial charge is 0.0249 e. The Morgan fingerprint density at radius 1 is 0.625 bits per heavy atom. The first-order chi connectivity index (χ1) is 15.8. The van der Waals surface area contributed by atoms with Gasteiger partial charge in [-0.05, 0) is 73.1 Å². The van der Waals surface area contributed by atoms with Crippen LogP contribution in [-0.4, -0.2) is 0 Å². The molecule has 0 unspecified atom stereocenters. The highest BCUT2D eigenvalue weighted by Crippen LogP contribution is 2.34. The number of hydrogen-bond acceptors (Lipinski definition) is 0. The minimum atomic E-state index is 0.937. The molecule has 0 aromatic heterocycles. The zero-order valence-corrected chi connectivity index (χ0v) is 20.3. The average molecular weight is 425 g/mol. The fourth-order valence-electron chi connectivity index (χ4n) is 4.69. The highest BCUT2D eigenvalue weighted by atomic mass is 14.3. The van der Waals surface area contributed by atoms with Gasteiger partial charge in [-0.15, -0.1) is 0 Å². The fraction of sp³-hybridized carbons (Fsp3) is 0.500. The first-order valence-corrected chi connectivity index (χ1v) is 13.0. The van der Waals surface area contributed by atoms with Gasteiger partial charge in [0.2, 0.25) is 0 Å². The maximum absolute atomic E-state index is 3.31. The third-order valence-electron chi connectivity index (χ3n) is 6.82. The van der Waals surface area contributed by atoms with Gasteiger partial charge in [0.25, 0.3) is 0 Å². The second-order valence-corrected chi connectivity index (χ2v) is 9.50. The van der Waals surface area contributed by atoms with Crippen molar-refractivity contribution in [2.45, 2.75) is 90.9 Å². The molecule has 168 valence electrons. The standard InChI is InChI=1S/C32H40/c1-3-5-7-9-27-11-15-29(16-12-27)19-21-31-23-25-32(26-24-31)22-20-30-17-13-28(14-18-30)10-8-6-4-2/h13-14,17-18,23-27,29H,3-7,9,11-12,15-16,19,21H2,1-2H3/t27-,29-. The van der Waals surface area contributed by atoms with E-state index in [9.17, 15) is 0 Å². The van der Waals surface area contributed by atoms with E-state index >= 15 is 0 Å². The highest BCUT2D eigenvalue weighted by molar-refractivity contribution is 5.46. The van der Waals surface area contributed by atoms with E-state index < -0.39 is 0 Å². The van der Waals surface area contributed by atoms with Crippen molar-refractivity contribution in [2.75, 3.05) is 0 Å². The van der Waals surface area contributed by atoms with E-state index in [-0.39, 0.29) is 0 Å². The second-order valence-electron chi connectivity index (χ2n) is 9.50. The van der Waals surface area contributed by atoms with Gasteiger partial charge >= 0.3 is 0 Å². The zero-order valence-electron chi connectivity index (χ0n) is 20.3. The first-order valence-electron chi connectivity index (χ1n) is 13.0. The Hall–Kier alpha value is -2.44. The maximum atomic E-state index is 3.31. The van der Waals surface area contributed by atoms with E-state index in [1.54, 1.807) is 0 Å². The summed E-state index contributed by atoms with van der Waals surface area (Å²) < 4.78 is 0. The van der Waals surface area contributed by atoms with Gasteiger partial charge in [0, 0.05) is 23.1 Å². The van der Waals surface area contributed by atoms with Crippen molar-refractivity contribution in [2.24, 2.45) is 11.8 Å². The predicted molar refractivity (Wildman–Crippen MR) is 139 cm³/mol. The number of unbranched alkanes of at least 4 members (excludes halogenated alkanes) is 3. The van der Waals surface area contributed by atoms with Crippen LogP contribution in [0.25, 0.3) is 0 Å². The lowest BCUT2D eigenvalue weighted by Crippen LogP contribution is -2.15. The molecule has 32 heavy (non-hydrogen) atoms. The largest absolute Gasteiger partial charge is 0.0979 e. The van der Waals surface area contributed by atoms with Gasteiger partial charge in [-0.25, -0.2) is 0 Å². The Morgan fingerprint density at radius 3 is 1.72 bits per heavy atom. The Bertz CT molecular complexity index is 900. The van der Waals surface area contributed by atoms with Crippen molar-refractivity contribution in [3.05, 3.63) is 70.8 Å². The van der Waals surface area contributed by atoms with E-state index in [0.717, 1.165) is 41.4 Å². The van der Waals surface area contributed by atoms with Crippen molar-refractivity contribution in [3.8, 4) is 23.7 Å². The fourth-order valence-corrected chi connectivity index (χ4v) is 4.69. The molecule has 0 amide bonds. The minimum absolute atomic E-state index is 0.937. The minimum Gasteiger partial charge on any atom is -0.0979 e. The van der Waals surface area contributed by atoms with Gasteiger partial charge in [-0.2, -0.15) is 0 Å². The van der Waals surface area contributed by atoms with Gasteiger partial charge in [-0.1, -0.05) is 101 Å². The lowest BCUT2D eigenvalue weighted by molar-refractivity contribution is 0.249. The van der Waals surface area contributed by atoms with Crippen LogP contribution in [0.5, 0.6) is 0 Å². The van der Waals surface area contributed by atoms with Crippen LogP contribution < -0.4 is 0 Å². The van der Waals surface area contributed by atoms with E-state index in [0.29, 0.717) is 0 Å². The summed E-state index contributed by atoms with van der Waals surface area (Å²) in [5.41, 5.74) is 4.66. The van der Waals surface area contributed by atoms with E-state index in [1.807, 2.05) is 0 Å². The van der Waals surface area contributed by atoms with Crippen LogP contribution in [0.4, 0.5) is 0 Å². The molecule has 1 saturated carbocycles. The Morgan fingerprint density at radius 2 is 1.16 bits per heavy atom. The number of rotatable bonds is 8. The van der Waals surface area contributed by atoms with Gasteiger partial charge in [0.15, 0.2) is 0 Å². The van der Waals surface area contributed by atoms with Gasteiger partial charge in [0.1, 0.15) is 0 Å². The van der Waals surface area contributed by atoms with Crippen molar-refractivity contribution in [1.29, 1.82) is 0 Å². The van der Waals surface area contributed by atoms with Crippen molar-refractivity contribution in [3.63, 3.8) is 0 Å². The van der Waals surface area contributed by atoms with E-state index in [1.165, 1.54) is 69.8 Å². The molecule has 0 heteroatoms. The second kappa shape index (κ2) is 13.9. The highest BCUT2D eigenvalue weighted by Gasteiger charge is 2.20. The Labute approximate surface area is 197 Å². The molecule has 0 bridgehead atoms. The molecule has 0 atom stereocenters. The average Bonchev–Trinajstić information content (AvgIpc) is 2.84. The van der Waals surface area contributed by atoms with Crippen LogP contribution in [-0.2, 0) is 6.42 Å². The van der Waals surface area contributed by atoms with Crippen molar-refractivity contribution in [1.82, 2.24) is 0 Å². The third-order valence-corrected chi connectivity index (χ3v) is 6.82. The molecule has 0 saturated heterocycles. The maximum Gasteiger partial charge on any atom is 0.0249 e. The molecule has 1 aliphatic rings. The van der Waals surface area contributed by atoms with Gasteiger partial charge < -0.3 is 0 Å². The lowest BCUT2D eigenvalue weighted by Gasteiger charge is -2.28. The quantitative estimate of drug-likeness (QED) is 0.294. The van der Waals surface area contributed by atoms with E-state index in [2.05, 4.69) is 86.1 Å². The molecule has 3 rings (SSSR count). The summed E-state index contributed by atoms with van der Waals surface area (Å²) in [6.07, 6.45) is 16.1. The summed E-state index contributed by atoms with van der Waals surface area (Å²) in [4.78, 5) is 0. The molecular weight excluding hydrogens is 384 g/mol. The molecule has 0 radical (unpaired) electrons. The Kier molecular flexibility index (Phi) is 10.5.